The van der Waals surface area contributed by atoms with Gasteiger partial charge in [0.15, 0.2) is 5.60 Å². The lowest BCUT2D eigenvalue weighted by Gasteiger charge is -2.30. The summed E-state index contributed by atoms with van der Waals surface area (Å²) in [5.74, 6) is -1.43. The number of carboxylic acids is 1. The van der Waals surface area contributed by atoms with Gasteiger partial charge in [-0.05, 0) is 26.2 Å². The predicted molar refractivity (Wildman–Crippen MR) is 76.2 cm³/mol. The van der Waals surface area contributed by atoms with Crippen LogP contribution in [-0.4, -0.2) is 55.9 Å². The number of hydrogen-bond donors (Lipinski definition) is 5. The highest BCUT2D eigenvalue weighted by Gasteiger charge is 2.44. The number of carbonyl (C=O) groups is 2. The molecule has 21 heavy (non-hydrogen) atoms. The molecule has 1 unspecified atom stereocenters. The Balaban J connectivity index is 0.000000384. The molecule has 5 N–H and O–H groups in total. The van der Waals surface area contributed by atoms with Crippen LogP contribution in [0.2, 0.25) is 0 Å². The fourth-order valence-electron chi connectivity index (χ4n) is 1.01. The van der Waals surface area contributed by atoms with Crippen LogP contribution in [0.25, 0.3) is 0 Å². The summed E-state index contributed by atoms with van der Waals surface area (Å²) < 4.78 is 0. The van der Waals surface area contributed by atoms with Gasteiger partial charge in [0.2, 0.25) is 0 Å². The summed E-state index contributed by atoms with van der Waals surface area (Å²) in [5.41, 5.74) is -2.81. The molecule has 8 heteroatoms. The highest BCUT2D eigenvalue weighted by molar-refractivity contribution is 6.58. The largest absolute Gasteiger partial charge is 0.488 e. The van der Waals surface area contributed by atoms with Crippen molar-refractivity contribution >= 4 is 24.8 Å². The Labute approximate surface area is 122 Å². The van der Waals surface area contributed by atoms with E-state index < -0.39 is 24.3 Å². The maximum absolute atomic E-state index is 10.3. The summed E-state index contributed by atoms with van der Waals surface area (Å²) in [6.07, 6.45) is 0.702. The van der Waals surface area contributed by atoms with Gasteiger partial charge in [-0.15, -0.1) is 0 Å². The number of carboxylic acid groups (broad SMARTS) is 1. The van der Waals surface area contributed by atoms with Gasteiger partial charge in [-0.3, -0.25) is 4.79 Å². The minimum absolute atomic E-state index is 0.385. The zero-order chi connectivity index (χ0) is 16.8. The molecule has 0 saturated heterocycles. The topological polar surface area (TPSA) is 135 Å². The van der Waals surface area contributed by atoms with Crippen LogP contribution in [-0.2, 0) is 4.79 Å². The van der Waals surface area contributed by atoms with E-state index in [9.17, 15) is 9.59 Å². The Morgan fingerprint density at radius 1 is 1.10 bits per heavy atom. The third kappa shape index (κ3) is 5.64. The summed E-state index contributed by atoms with van der Waals surface area (Å²) in [7, 11) is -1.46. The second-order valence-corrected chi connectivity index (χ2v) is 5.09. The van der Waals surface area contributed by atoms with E-state index in [1.807, 2.05) is 0 Å². The highest BCUT2D eigenvalue weighted by Crippen LogP contribution is 2.20. The first-order valence-corrected chi connectivity index (χ1v) is 6.03. The quantitative estimate of drug-likeness (QED) is 0.347. The van der Waals surface area contributed by atoms with Crippen molar-refractivity contribution in [3.8, 4) is 0 Å². The van der Waals surface area contributed by atoms with E-state index in [2.05, 4.69) is 0 Å². The normalized spacial score (nSPS) is 13.5. The Morgan fingerprint density at radius 2 is 1.52 bits per heavy atom. The number of aliphatic hydroxyl groups is 2. The molecule has 0 bridgehead atoms. The van der Waals surface area contributed by atoms with Gasteiger partial charge in [-0.25, -0.2) is 4.79 Å². The maximum Gasteiger partial charge on any atom is 0.488 e. The van der Waals surface area contributed by atoms with E-state index in [-0.39, 0.29) is 0 Å². The molecule has 0 amide bonds. The van der Waals surface area contributed by atoms with Gasteiger partial charge in [0.05, 0.1) is 5.60 Å². The van der Waals surface area contributed by atoms with E-state index in [1.54, 1.807) is 0 Å². The van der Waals surface area contributed by atoms with Crippen LogP contribution in [0.1, 0.15) is 31.1 Å². The Kier molecular flexibility index (Phi) is 6.72. The molecule has 1 atom stereocenters. The minimum atomic E-state index is -2.09. The van der Waals surface area contributed by atoms with Gasteiger partial charge in [0.1, 0.15) is 6.29 Å². The number of aldehydes is 1. The zero-order valence-electron chi connectivity index (χ0n) is 12.0. The maximum atomic E-state index is 10.3. The first-order chi connectivity index (χ1) is 9.43. The van der Waals surface area contributed by atoms with Crippen molar-refractivity contribution in [1.29, 1.82) is 0 Å². The van der Waals surface area contributed by atoms with Crippen LogP contribution in [0, 0.1) is 0 Å². The molecule has 0 spiro atoms. The lowest BCUT2D eigenvalue weighted by atomic mass is 9.80. The van der Waals surface area contributed by atoms with Crippen molar-refractivity contribution in [1.82, 2.24) is 0 Å². The fraction of sp³-hybridized carbons (Fsp3) is 0.385. The third-order valence-corrected chi connectivity index (χ3v) is 2.98. The van der Waals surface area contributed by atoms with Gasteiger partial charge in [-0.2, -0.15) is 0 Å². The second kappa shape index (κ2) is 7.32. The lowest BCUT2D eigenvalue weighted by Crippen LogP contribution is -2.53. The van der Waals surface area contributed by atoms with Gasteiger partial charge >= 0.3 is 13.1 Å². The Hall–Kier alpha value is -1.74. The van der Waals surface area contributed by atoms with Gasteiger partial charge in [0, 0.05) is 5.56 Å². The average Bonchev–Trinajstić information content (AvgIpc) is 2.38. The van der Waals surface area contributed by atoms with Crippen molar-refractivity contribution in [2.75, 3.05) is 0 Å². The molecule has 1 aromatic carbocycles. The Morgan fingerprint density at radius 3 is 1.71 bits per heavy atom. The summed E-state index contributed by atoms with van der Waals surface area (Å²) >= 11 is 0. The van der Waals surface area contributed by atoms with Crippen molar-refractivity contribution in [2.24, 2.45) is 0 Å². The molecule has 0 saturated carbocycles. The molecule has 0 radical (unpaired) electrons. The zero-order valence-corrected chi connectivity index (χ0v) is 12.0. The fourth-order valence-corrected chi connectivity index (χ4v) is 1.01. The van der Waals surface area contributed by atoms with Crippen LogP contribution in [0.5, 0.6) is 0 Å². The number of benzene rings is 1. The molecule has 0 aliphatic rings. The van der Waals surface area contributed by atoms with E-state index in [1.165, 1.54) is 38.1 Å². The molecule has 1 aromatic rings. The first-order valence-electron chi connectivity index (χ1n) is 6.03. The van der Waals surface area contributed by atoms with E-state index in [0.717, 1.165) is 6.92 Å². The molecular formula is C13H19BO7. The monoisotopic (exact) mass is 298 g/mol. The first kappa shape index (κ1) is 19.3. The molecule has 1 rings (SSSR count). The second-order valence-electron chi connectivity index (χ2n) is 5.09. The van der Waals surface area contributed by atoms with E-state index >= 15 is 0 Å². The van der Waals surface area contributed by atoms with Gasteiger partial charge in [0.25, 0.3) is 0 Å². The van der Waals surface area contributed by atoms with Gasteiger partial charge in [-0.1, -0.05) is 24.3 Å². The van der Waals surface area contributed by atoms with E-state index in [0.29, 0.717) is 17.3 Å². The number of hydrogen-bond acceptors (Lipinski definition) is 6. The smallest absolute Gasteiger partial charge is 0.479 e. The summed E-state index contributed by atoms with van der Waals surface area (Å²) in [6, 6.07) is 6.05. The van der Waals surface area contributed by atoms with Crippen LogP contribution < -0.4 is 5.46 Å². The van der Waals surface area contributed by atoms with Crippen molar-refractivity contribution < 1.29 is 35.0 Å². The van der Waals surface area contributed by atoms with Crippen LogP contribution in [0.3, 0.4) is 0 Å². The third-order valence-electron chi connectivity index (χ3n) is 2.98. The summed E-state index contributed by atoms with van der Waals surface area (Å²) in [4.78, 5) is 20.4. The number of rotatable bonds is 4. The van der Waals surface area contributed by atoms with Crippen LogP contribution in [0.15, 0.2) is 24.3 Å². The summed E-state index contributed by atoms with van der Waals surface area (Å²) in [6.45, 7) is 3.53. The molecule has 0 aliphatic heterocycles. The minimum Gasteiger partial charge on any atom is -0.479 e. The van der Waals surface area contributed by atoms with Crippen LogP contribution >= 0.6 is 0 Å². The highest BCUT2D eigenvalue weighted by atomic mass is 16.4. The standard InChI is InChI=1S/C7H7BO3.C6H12O4/c9-5-6-1-3-7(4-2-6)8(10)11;1-5(2,9)6(3,10)4(7)8/h1-5,10-11H;9-10H,1-3H3,(H,7,8). The average molecular weight is 298 g/mol. The number of aliphatic carboxylic acids is 1. The van der Waals surface area contributed by atoms with E-state index in [4.69, 9.17) is 25.4 Å². The molecule has 116 valence electrons. The van der Waals surface area contributed by atoms with Crippen molar-refractivity contribution in [3.05, 3.63) is 29.8 Å². The molecule has 0 aromatic heterocycles. The van der Waals surface area contributed by atoms with Crippen molar-refractivity contribution in [2.45, 2.75) is 32.0 Å². The summed E-state index contributed by atoms with van der Waals surface area (Å²) in [5, 5.41) is 43.8. The molecular weight excluding hydrogens is 279 g/mol. The molecule has 7 nitrogen and oxygen atoms in total. The molecule has 0 aliphatic carbocycles. The lowest BCUT2D eigenvalue weighted by molar-refractivity contribution is -0.181. The SMILES string of the molecule is CC(C)(O)C(C)(O)C(=O)O.O=Cc1ccc(B(O)O)cc1. The predicted octanol–water partition coefficient (Wildman–Crippen LogP) is -1.23. The van der Waals surface area contributed by atoms with Crippen LogP contribution in [0.4, 0.5) is 0 Å². The Bertz CT molecular complexity index is 474. The molecule has 0 heterocycles. The number of carbonyl (C=O) groups excluding carboxylic acids is 1. The molecule has 0 fully saturated rings. The van der Waals surface area contributed by atoms with Crippen molar-refractivity contribution in [3.63, 3.8) is 0 Å². The van der Waals surface area contributed by atoms with Gasteiger partial charge < -0.3 is 25.4 Å².